The summed E-state index contributed by atoms with van der Waals surface area (Å²) in [5, 5.41) is 5.19. The first kappa shape index (κ1) is 18.4. The molecule has 8 heteroatoms. The van der Waals surface area contributed by atoms with Crippen molar-refractivity contribution in [1.82, 2.24) is 24.9 Å². The molecule has 148 valence electrons. The molecule has 0 unspecified atom stereocenters. The molecule has 1 saturated heterocycles. The minimum absolute atomic E-state index is 0.277. The van der Waals surface area contributed by atoms with E-state index in [2.05, 4.69) is 38.1 Å². The molecule has 1 aliphatic rings. The highest BCUT2D eigenvalue weighted by Crippen LogP contribution is 2.23. The summed E-state index contributed by atoms with van der Waals surface area (Å²) >= 11 is 1.77. The number of hydrogen-bond acceptors (Lipinski definition) is 7. The maximum absolute atomic E-state index is 13.1. The highest BCUT2D eigenvalue weighted by atomic mass is 32.1. The van der Waals surface area contributed by atoms with Crippen LogP contribution in [0.2, 0.25) is 0 Å². The van der Waals surface area contributed by atoms with E-state index in [-0.39, 0.29) is 5.82 Å². The molecule has 1 aliphatic heterocycles. The summed E-state index contributed by atoms with van der Waals surface area (Å²) in [6, 6.07) is 14.4. The van der Waals surface area contributed by atoms with Crippen molar-refractivity contribution in [1.29, 1.82) is 0 Å². The fraction of sp³-hybridized carbons (Fsp3) is 0.286. The van der Waals surface area contributed by atoms with Crippen LogP contribution in [-0.2, 0) is 13.1 Å². The highest BCUT2D eigenvalue weighted by Gasteiger charge is 2.20. The van der Waals surface area contributed by atoms with E-state index in [4.69, 9.17) is 9.51 Å². The third-order valence-corrected chi connectivity index (χ3v) is 6.11. The van der Waals surface area contributed by atoms with Gasteiger partial charge in [-0.15, -0.1) is 11.3 Å². The number of para-hydroxylation sites is 1. The molecule has 4 aromatic rings. The van der Waals surface area contributed by atoms with Gasteiger partial charge in [-0.25, -0.2) is 9.37 Å². The molecule has 0 aliphatic carbocycles. The maximum Gasteiger partial charge on any atom is 0.241 e. The first-order valence-electron chi connectivity index (χ1n) is 9.61. The van der Waals surface area contributed by atoms with Crippen LogP contribution >= 0.6 is 11.3 Å². The zero-order valence-corrected chi connectivity index (χ0v) is 16.6. The molecule has 2 aromatic carbocycles. The molecule has 5 rings (SSSR count). The van der Waals surface area contributed by atoms with Crippen LogP contribution in [-0.4, -0.2) is 51.1 Å². The number of hydrogen-bond donors (Lipinski definition) is 0. The van der Waals surface area contributed by atoms with Crippen molar-refractivity contribution in [3.8, 4) is 11.4 Å². The summed E-state index contributed by atoms with van der Waals surface area (Å²) in [4.78, 5) is 13.9. The average Bonchev–Trinajstić information content (AvgIpc) is 3.36. The van der Waals surface area contributed by atoms with Gasteiger partial charge in [-0.1, -0.05) is 17.3 Å². The Kier molecular flexibility index (Phi) is 5.05. The standard InChI is InChI=1S/C21H20FN5OS/c22-16-7-5-15(6-8-16)21-24-19(28-25-21)13-26-9-11-27(12-10-26)14-20-23-17-3-1-2-4-18(17)29-20/h1-8H,9-14H2. The Morgan fingerprint density at radius 1 is 0.897 bits per heavy atom. The smallest absolute Gasteiger partial charge is 0.241 e. The summed E-state index contributed by atoms with van der Waals surface area (Å²) in [5.74, 6) is 0.805. The Balaban J connectivity index is 1.15. The number of piperazine rings is 1. The normalized spacial score (nSPS) is 15.9. The van der Waals surface area contributed by atoms with Crippen LogP contribution in [0.1, 0.15) is 10.9 Å². The van der Waals surface area contributed by atoms with Gasteiger partial charge in [-0.2, -0.15) is 4.98 Å². The number of aromatic nitrogens is 3. The van der Waals surface area contributed by atoms with E-state index in [1.54, 1.807) is 23.5 Å². The van der Waals surface area contributed by atoms with Crippen LogP contribution in [0.4, 0.5) is 4.39 Å². The van der Waals surface area contributed by atoms with E-state index < -0.39 is 0 Å². The number of thiazole rings is 1. The minimum atomic E-state index is -0.277. The zero-order valence-electron chi connectivity index (χ0n) is 15.8. The second kappa shape index (κ2) is 7.98. The number of fused-ring (bicyclic) bond motifs is 1. The Hall–Kier alpha value is -2.68. The summed E-state index contributed by atoms with van der Waals surface area (Å²) in [6.07, 6.45) is 0. The molecule has 0 radical (unpaired) electrons. The molecule has 0 saturated carbocycles. The Morgan fingerprint density at radius 2 is 1.62 bits per heavy atom. The molecule has 0 atom stereocenters. The van der Waals surface area contributed by atoms with Gasteiger partial charge < -0.3 is 4.52 Å². The van der Waals surface area contributed by atoms with E-state index >= 15 is 0 Å². The lowest BCUT2D eigenvalue weighted by atomic mass is 10.2. The van der Waals surface area contributed by atoms with Crippen molar-refractivity contribution in [3.63, 3.8) is 0 Å². The summed E-state index contributed by atoms with van der Waals surface area (Å²) in [7, 11) is 0. The second-order valence-corrected chi connectivity index (χ2v) is 8.26. The maximum atomic E-state index is 13.1. The predicted molar refractivity (Wildman–Crippen MR) is 110 cm³/mol. The summed E-state index contributed by atoms with van der Waals surface area (Å²) in [5.41, 5.74) is 1.83. The first-order chi connectivity index (χ1) is 14.2. The SMILES string of the molecule is Fc1ccc(-c2noc(CN3CCN(Cc4nc5ccccc5s4)CC3)n2)cc1. The molecule has 6 nitrogen and oxygen atoms in total. The van der Waals surface area contributed by atoms with Crippen molar-refractivity contribution in [2.75, 3.05) is 26.2 Å². The number of benzene rings is 2. The van der Waals surface area contributed by atoms with Crippen molar-refractivity contribution in [2.24, 2.45) is 0 Å². The highest BCUT2D eigenvalue weighted by molar-refractivity contribution is 7.18. The molecular weight excluding hydrogens is 389 g/mol. The number of rotatable bonds is 5. The molecule has 1 fully saturated rings. The average molecular weight is 409 g/mol. The van der Waals surface area contributed by atoms with Crippen LogP contribution in [0.25, 0.3) is 21.6 Å². The first-order valence-corrected chi connectivity index (χ1v) is 10.4. The van der Waals surface area contributed by atoms with E-state index in [0.717, 1.165) is 43.8 Å². The van der Waals surface area contributed by atoms with Crippen LogP contribution in [0.3, 0.4) is 0 Å². The van der Waals surface area contributed by atoms with Gasteiger partial charge in [0.05, 0.1) is 23.3 Å². The monoisotopic (exact) mass is 409 g/mol. The molecule has 0 spiro atoms. The lowest BCUT2D eigenvalue weighted by Crippen LogP contribution is -2.45. The number of nitrogens with zero attached hydrogens (tertiary/aromatic N) is 5. The lowest BCUT2D eigenvalue weighted by molar-refractivity contribution is 0.112. The molecule has 0 bridgehead atoms. The molecular formula is C21H20FN5OS. The van der Waals surface area contributed by atoms with E-state index in [0.29, 0.717) is 18.3 Å². The molecule has 29 heavy (non-hydrogen) atoms. The molecule has 2 aromatic heterocycles. The van der Waals surface area contributed by atoms with Crippen LogP contribution < -0.4 is 0 Å². The third kappa shape index (κ3) is 4.19. The van der Waals surface area contributed by atoms with Gasteiger partial charge >= 0.3 is 0 Å². The van der Waals surface area contributed by atoms with Crippen molar-refractivity contribution in [3.05, 3.63) is 65.2 Å². The quantitative estimate of drug-likeness (QED) is 0.500. The van der Waals surface area contributed by atoms with Gasteiger partial charge in [0.1, 0.15) is 10.8 Å². The number of halogens is 1. The third-order valence-electron chi connectivity index (χ3n) is 5.09. The second-order valence-electron chi connectivity index (χ2n) is 7.15. The van der Waals surface area contributed by atoms with Gasteiger partial charge in [-0.05, 0) is 36.4 Å². The predicted octanol–water partition coefficient (Wildman–Crippen LogP) is 3.80. The van der Waals surface area contributed by atoms with E-state index in [1.165, 1.54) is 21.8 Å². The molecule has 0 N–H and O–H groups in total. The summed E-state index contributed by atoms with van der Waals surface area (Å²) < 4.78 is 19.7. The Morgan fingerprint density at radius 3 is 2.38 bits per heavy atom. The van der Waals surface area contributed by atoms with Gasteiger partial charge in [0, 0.05) is 31.7 Å². The van der Waals surface area contributed by atoms with Gasteiger partial charge in [-0.3, -0.25) is 9.80 Å². The summed E-state index contributed by atoms with van der Waals surface area (Å²) in [6.45, 7) is 5.37. The van der Waals surface area contributed by atoms with Gasteiger partial charge in [0.15, 0.2) is 0 Å². The Bertz CT molecular complexity index is 1070. The lowest BCUT2D eigenvalue weighted by Gasteiger charge is -2.33. The van der Waals surface area contributed by atoms with Crippen LogP contribution in [0, 0.1) is 5.82 Å². The van der Waals surface area contributed by atoms with Gasteiger partial charge in [0.2, 0.25) is 11.7 Å². The van der Waals surface area contributed by atoms with Crippen LogP contribution in [0.15, 0.2) is 53.1 Å². The minimum Gasteiger partial charge on any atom is -0.338 e. The van der Waals surface area contributed by atoms with E-state index in [9.17, 15) is 4.39 Å². The molecule has 3 heterocycles. The largest absolute Gasteiger partial charge is 0.338 e. The zero-order chi connectivity index (χ0) is 19.6. The fourth-order valence-corrected chi connectivity index (χ4v) is 4.52. The van der Waals surface area contributed by atoms with E-state index in [1.807, 2.05) is 6.07 Å². The topological polar surface area (TPSA) is 58.3 Å². The van der Waals surface area contributed by atoms with Crippen molar-refractivity contribution >= 4 is 21.6 Å². The fourth-order valence-electron chi connectivity index (χ4n) is 3.51. The van der Waals surface area contributed by atoms with Crippen molar-refractivity contribution < 1.29 is 8.91 Å². The van der Waals surface area contributed by atoms with Crippen LogP contribution in [0.5, 0.6) is 0 Å². The molecule has 0 amide bonds. The van der Waals surface area contributed by atoms with Crippen molar-refractivity contribution in [2.45, 2.75) is 13.1 Å². The van der Waals surface area contributed by atoms with Gasteiger partial charge in [0.25, 0.3) is 0 Å². The Labute approximate surface area is 171 Å².